The van der Waals surface area contributed by atoms with Crippen molar-refractivity contribution in [2.24, 2.45) is 35.5 Å². The average molecular weight is 566 g/mol. The van der Waals surface area contributed by atoms with Crippen molar-refractivity contribution in [2.45, 2.75) is 107 Å². The van der Waals surface area contributed by atoms with Gasteiger partial charge in [0.2, 0.25) is 0 Å². The van der Waals surface area contributed by atoms with Crippen LogP contribution < -0.4 is 5.30 Å². The van der Waals surface area contributed by atoms with Crippen molar-refractivity contribution >= 4 is 19.1 Å². The van der Waals surface area contributed by atoms with Gasteiger partial charge in [0, 0.05) is 18.7 Å². The fraction of sp³-hybridized carbons (Fsp3) is 0.658. The van der Waals surface area contributed by atoms with Gasteiger partial charge in [-0.25, -0.2) is 0 Å². The van der Waals surface area contributed by atoms with Crippen LogP contribution in [0.5, 0.6) is 0 Å². The van der Waals surface area contributed by atoms with E-state index in [2.05, 4.69) is 53.4 Å². The molecule has 0 unspecified atom stereocenters. The minimum absolute atomic E-state index is 0.244. The summed E-state index contributed by atoms with van der Waals surface area (Å²) in [7, 11) is -0.281. The van der Waals surface area contributed by atoms with Crippen LogP contribution in [-0.2, 0) is 0 Å². The van der Waals surface area contributed by atoms with Crippen LogP contribution in [0.25, 0.3) is 11.1 Å². The van der Waals surface area contributed by atoms with E-state index in [0.29, 0.717) is 10.3 Å². The van der Waals surface area contributed by atoms with Crippen molar-refractivity contribution in [3.8, 4) is 11.1 Å². The van der Waals surface area contributed by atoms with Crippen LogP contribution >= 0.6 is 7.92 Å². The van der Waals surface area contributed by atoms with E-state index in [1.54, 1.807) is 5.30 Å². The lowest BCUT2D eigenvalue weighted by atomic mass is 9.55. The van der Waals surface area contributed by atoms with Gasteiger partial charge >= 0.3 is 0 Å². The van der Waals surface area contributed by atoms with Crippen molar-refractivity contribution in [1.82, 2.24) is 4.90 Å². The van der Waals surface area contributed by atoms with Crippen molar-refractivity contribution in [1.29, 1.82) is 0 Å². The summed E-state index contributed by atoms with van der Waals surface area (Å²) in [6.07, 6.45) is 21.9. The number of amides is 1. The molecule has 11 rings (SSSR count). The number of nitrogens with zero attached hydrogens (tertiary/aromatic N) is 1. The minimum Gasteiger partial charge on any atom is -0.339 e. The molecule has 9 fully saturated rings. The standard InChI is InChI=1S/C38H48NOP/c40-36(39-11-4-1-5-12-39)33-8-6-7-32(19-33)34-9-2-3-10-35(34)41(37-20-26-13-27(21-37)15-28(14-26)22-37)38-23-29-16-30(24-38)18-31(17-29)25-38/h2-3,6-10,19,26-31H,1,4-5,11-18,20-25H2. The van der Waals surface area contributed by atoms with Gasteiger partial charge in [-0.15, -0.1) is 0 Å². The molecule has 0 atom stereocenters. The van der Waals surface area contributed by atoms with Gasteiger partial charge in [-0.05, 0) is 171 Å². The summed E-state index contributed by atoms with van der Waals surface area (Å²) in [5.74, 6) is 6.23. The molecule has 0 aromatic heterocycles. The lowest BCUT2D eigenvalue weighted by Gasteiger charge is -2.67. The van der Waals surface area contributed by atoms with Gasteiger partial charge in [-0.1, -0.05) is 44.3 Å². The Bertz CT molecular complexity index is 1220. The molecule has 2 aromatic rings. The number of hydrogen-bond acceptors (Lipinski definition) is 1. The van der Waals surface area contributed by atoms with Gasteiger partial charge in [0.25, 0.3) is 5.91 Å². The predicted molar refractivity (Wildman–Crippen MR) is 170 cm³/mol. The highest BCUT2D eigenvalue weighted by Gasteiger charge is 2.63. The summed E-state index contributed by atoms with van der Waals surface area (Å²) in [6.45, 7) is 1.84. The lowest BCUT2D eigenvalue weighted by Crippen LogP contribution is -2.58. The zero-order valence-corrected chi connectivity index (χ0v) is 25.8. The van der Waals surface area contributed by atoms with Crippen LogP contribution in [0, 0.1) is 35.5 Å². The van der Waals surface area contributed by atoms with Gasteiger partial charge in [0.15, 0.2) is 0 Å². The number of carbonyl (C=O) groups excluding carboxylic acids is 1. The van der Waals surface area contributed by atoms with Crippen molar-refractivity contribution in [3.63, 3.8) is 0 Å². The number of piperidine rings is 1. The molecule has 1 saturated heterocycles. The number of carbonyl (C=O) groups is 1. The van der Waals surface area contributed by atoms with Crippen molar-refractivity contribution in [2.75, 3.05) is 13.1 Å². The first-order valence-corrected chi connectivity index (χ1v) is 18.7. The topological polar surface area (TPSA) is 20.3 Å². The van der Waals surface area contributed by atoms with E-state index in [0.717, 1.165) is 67.0 Å². The Morgan fingerprint density at radius 1 is 0.634 bits per heavy atom. The lowest BCUT2D eigenvalue weighted by molar-refractivity contribution is 0.0195. The highest BCUT2D eigenvalue weighted by Crippen LogP contribution is 2.78. The molecule has 9 aliphatic rings. The molecular formula is C38H48NOP. The molecule has 41 heavy (non-hydrogen) atoms. The molecule has 8 saturated carbocycles. The first-order chi connectivity index (χ1) is 20.1. The third-order valence-corrected chi connectivity index (χ3v) is 17.0. The second kappa shape index (κ2) is 9.67. The van der Waals surface area contributed by atoms with Crippen LogP contribution in [0.1, 0.15) is 107 Å². The predicted octanol–water partition coefficient (Wildman–Crippen LogP) is 9.02. The largest absolute Gasteiger partial charge is 0.339 e. The molecular weight excluding hydrogens is 517 g/mol. The molecule has 0 radical (unpaired) electrons. The Morgan fingerprint density at radius 3 is 1.68 bits per heavy atom. The van der Waals surface area contributed by atoms with E-state index in [4.69, 9.17) is 0 Å². The van der Waals surface area contributed by atoms with E-state index in [1.165, 1.54) is 94.6 Å². The van der Waals surface area contributed by atoms with Crippen LogP contribution in [0.4, 0.5) is 0 Å². The zero-order valence-electron chi connectivity index (χ0n) is 24.9. The number of likely N-dealkylation sites (tertiary alicyclic amines) is 1. The van der Waals surface area contributed by atoms with Crippen LogP contribution in [0.2, 0.25) is 0 Å². The summed E-state index contributed by atoms with van der Waals surface area (Å²) in [5.41, 5.74) is 3.66. The molecule has 8 aliphatic carbocycles. The Hall–Kier alpha value is -1.66. The summed E-state index contributed by atoms with van der Waals surface area (Å²) in [4.78, 5) is 15.7. The maximum atomic E-state index is 13.6. The van der Waals surface area contributed by atoms with Gasteiger partial charge < -0.3 is 4.90 Å². The monoisotopic (exact) mass is 565 g/mol. The third kappa shape index (κ3) is 4.24. The summed E-state index contributed by atoms with van der Waals surface area (Å²) >= 11 is 0. The smallest absolute Gasteiger partial charge is 0.253 e. The second-order valence-corrected chi connectivity index (χ2v) is 19.1. The van der Waals surface area contributed by atoms with E-state index >= 15 is 0 Å². The molecule has 1 amide bonds. The maximum absolute atomic E-state index is 13.6. The first kappa shape index (κ1) is 25.8. The van der Waals surface area contributed by atoms with E-state index in [1.807, 2.05) is 0 Å². The summed E-state index contributed by atoms with van der Waals surface area (Å²) in [5, 5.41) is 2.86. The molecule has 8 bridgehead atoms. The molecule has 216 valence electrons. The quantitative estimate of drug-likeness (QED) is 0.331. The fourth-order valence-electron chi connectivity index (χ4n) is 12.7. The molecule has 0 N–H and O–H groups in total. The molecule has 1 aliphatic heterocycles. The Balaban J connectivity index is 1.16. The normalized spacial score (nSPS) is 41.1. The maximum Gasteiger partial charge on any atom is 0.253 e. The van der Waals surface area contributed by atoms with E-state index in [-0.39, 0.29) is 13.8 Å². The number of hydrogen-bond donors (Lipinski definition) is 0. The van der Waals surface area contributed by atoms with Gasteiger partial charge in [0.05, 0.1) is 0 Å². The molecule has 2 nitrogen and oxygen atoms in total. The fourth-order valence-corrected chi connectivity index (χ4v) is 18.1. The van der Waals surface area contributed by atoms with Crippen molar-refractivity contribution in [3.05, 3.63) is 54.1 Å². The molecule has 1 heterocycles. The van der Waals surface area contributed by atoms with E-state index in [9.17, 15) is 4.79 Å². The highest BCUT2D eigenvalue weighted by atomic mass is 31.1. The highest BCUT2D eigenvalue weighted by molar-refractivity contribution is 7.69. The Kier molecular flexibility index (Phi) is 6.09. The van der Waals surface area contributed by atoms with Crippen LogP contribution in [0.15, 0.2) is 48.5 Å². The summed E-state index contributed by atoms with van der Waals surface area (Å²) < 4.78 is 0. The van der Waals surface area contributed by atoms with Gasteiger partial charge in [-0.2, -0.15) is 0 Å². The zero-order chi connectivity index (χ0) is 27.2. The third-order valence-electron chi connectivity index (χ3n) is 13.2. The SMILES string of the molecule is O=C(c1cccc(-c2ccccc2P(C23CC4CC(CC(C4)C2)C3)C23CC4CC(CC(C4)C2)C3)c1)N1CCCCC1. The van der Waals surface area contributed by atoms with Crippen molar-refractivity contribution < 1.29 is 4.79 Å². The van der Waals surface area contributed by atoms with Crippen LogP contribution in [0.3, 0.4) is 0 Å². The Labute approximate surface area is 248 Å². The Morgan fingerprint density at radius 2 is 1.15 bits per heavy atom. The average Bonchev–Trinajstić information content (AvgIpc) is 2.96. The van der Waals surface area contributed by atoms with E-state index < -0.39 is 0 Å². The molecule has 2 aromatic carbocycles. The van der Waals surface area contributed by atoms with Gasteiger partial charge in [-0.3, -0.25) is 4.79 Å². The first-order valence-electron chi connectivity index (χ1n) is 17.3. The van der Waals surface area contributed by atoms with Gasteiger partial charge in [0.1, 0.15) is 0 Å². The number of rotatable bonds is 5. The molecule has 3 heteroatoms. The van der Waals surface area contributed by atoms with Crippen LogP contribution in [-0.4, -0.2) is 34.2 Å². The number of benzene rings is 2. The second-order valence-electron chi connectivity index (χ2n) is 16.1. The molecule has 0 spiro atoms. The summed E-state index contributed by atoms with van der Waals surface area (Å²) in [6, 6.07) is 18.5. The minimum atomic E-state index is -0.281.